The highest BCUT2D eigenvalue weighted by Crippen LogP contribution is 2.24. The molecule has 9 heteroatoms. The van der Waals surface area contributed by atoms with Crippen molar-refractivity contribution in [2.24, 2.45) is 0 Å². The Morgan fingerprint density at radius 3 is 2.29 bits per heavy atom. The molecular formula is C25H18F2N2O5. The van der Waals surface area contributed by atoms with E-state index in [-0.39, 0.29) is 17.8 Å². The van der Waals surface area contributed by atoms with Crippen LogP contribution in [0, 0.1) is 11.6 Å². The molecule has 1 aliphatic rings. The first-order chi connectivity index (χ1) is 16.2. The number of ether oxygens (including phenoxy) is 1. The third kappa shape index (κ3) is 4.54. The van der Waals surface area contributed by atoms with E-state index in [1.807, 2.05) is 0 Å². The number of esters is 1. The highest BCUT2D eigenvalue weighted by Gasteiger charge is 2.35. The van der Waals surface area contributed by atoms with Crippen molar-refractivity contribution < 1.29 is 32.7 Å². The quantitative estimate of drug-likeness (QED) is 0.441. The summed E-state index contributed by atoms with van der Waals surface area (Å²) in [5, 5.41) is 2.17. The third-order valence-electron chi connectivity index (χ3n) is 5.22. The van der Waals surface area contributed by atoms with Gasteiger partial charge in [0.15, 0.2) is 6.10 Å². The van der Waals surface area contributed by atoms with Gasteiger partial charge in [-0.15, -0.1) is 0 Å². The molecule has 1 aliphatic heterocycles. The van der Waals surface area contributed by atoms with E-state index < -0.39 is 41.4 Å². The van der Waals surface area contributed by atoms with Crippen LogP contribution in [0.2, 0.25) is 0 Å². The molecule has 0 fully saturated rings. The maximum Gasteiger partial charge on any atom is 0.338 e. The minimum Gasteiger partial charge on any atom is -0.449 e. The summed E-state index contributed by atoms with van der Waals surface area (Å²) in [6.07, 6.45) is -1.31. The first-order valence-corrected chi connectivity index (χ1v) is 10.3. The molecule has 0 spiro atoms. The van der Waals surface area contributed by atoms with E-state index in [1.54, 1.807) is 36.4 Å². The van der Waals surface area contributed by atoms with E-state index in [0.717, 1.165) is 23.1 Å². The summed E-state index contributed by atoms with van der Waals surface area (Å²) < 4.78 is 32.2. The molecule has 0 saturated heterocycles. The number of anilines is 1. The summed E-state index contributed by atoms with van der Waals surface area (Å²) in [6, 6.07) is 15.2. The number of rotatable bonds is 6. The Balaban J connectivity index is 1.42. The lowest BCUT2D eigenvalue weighted by Crippen LogP contribution is -2.30. The van der Waals surface area contributed by atoms with Gasteiger partial charge in [0, 0.05) is 6.07 Å². The molecule has 0 saturated carbocycles. The number of imide groups is 1. The van der Waals surface area contributed by atoms with E-state index in [9.17, 15) is 28.0 Å². The molecule has 172 valence electrons. The molecule has 3 aromatic carbocycles. The topological polar surface area (TPSA) is 92.8 Å². The van der Waals surface area contributed by atoms with Crippen molar-refractivity contribution in [2.75, 3.05) is 5.32 Å². The van der Waals surface area contributed by atoms with Gasteiger partial charge in [-0.2, -0.15) is 0 Å². The lowest BCUT2D eigenvalue weighted by Gasteiger charge is -2.16. The highest BCUT2D eigenvalue weighted by atomic mass is 19.1. The van der Waals surface area contributed by atoms with Gasteiger partial charge in [0.1, 0.15) is 11.6 Å². The van der Waals surface area contributed by atoms with Crippen LogP contribution >= 0.6 is 0 Å². The standard InChI is InChI=1S/C25H18F2N2O5/c1-14(22(30)28-21-12-17(26)9-10-20(21)27)34-25(33)16-6-4-5-15(11-16)13-29-23(31)18-7-2-3-8-19(18)24(29)32/h2-12,14H,13H2,1H3,(H,28,30). The first kappa shape index (κ1) is 22.8. The summed E-state index contributed by atoms with van der Waals surface area (Å²) >= 11 is 0. The SMILES string of the molecule is CC(OC(=O)c1cccc(CN2C(=O)c3ccccc3C2=O)c1)C(=O)Nc1cc(F)ccc1F. The maximum absolute atomic E-state index is 13.7. The van der Waals surface area contributed by atoms with Crippen LogP contribution in [-0.4, -0.2) is 34.7 Å². The molecule has 1 unspecified atom stereocenters. The van der Waals surface area contributed by atoms with Crippen molar-refractivity contribution >= 4 is 29.4 Å². The normalized spacial score (nSPS) is 13.4. The van der Waals surface area contributed by atoms with Crippen LogP contribution in [0.15, 0.2) is 66.7 Å². The zero-order valence-electron chi connectivity index (χ0n) is 17.9. The molecule has 4 rings (SSSR count). The summed E-state index contributed by atoms with van der Waals surface area (Å²) in [4.78, 5) is 51.0. The molecule has 34 heavy (non-hydrogen) atoms. The molecule has 1 atom stereocenters. The number of carbonyl (C=O) groups is 4. The van der Waals surface area contributed by atoms with E-state index in [4.69, 9.17) is 4.74 Å². The van der Waals surface area contributed by atoms with Gasteiger partial charge in [0.05, 0.1) is 28.9 Å². The lowest BCUT2D eigenvalue weighted by atomic mass is 10.1. The Labute approximate surface area is 192 Å². The summed E-state index contributed by atoms with van der Waals surface area (Å²) in [6.45, 7) is 1.23. The third-order valence-corrected chi connectivity index (χ3v) is 5.22. The Morgan fingerprint density at radius 1 is 0.941 bits per heavy atom. The second kappa shape index (κ2) is 9.22. The average molecular weight is 464 g/mol. The van der Waals surface area contributed by atoms with Gasteiger partial charge in [-0.25, -0.2) is 13.6 Å². The number of benzene rings is 3. The Morgan fingerprint density at radius 2 is 1.62 bits per heavy atom. The molecule has 0 aliphatic carbocycles. The Kier molecular flexibility index (Phi) is 6.18. The van der Waals surface area contributed by atoms with Crippen LogP contribution in [0.4, 0.5) is 14.5 Å². The van der Waals surface area contributed by atoms with Crippen molar-refractivity contribution in [3.63, 3.8) is 0 Å². The van der Waals surface area contributed by atoms with Gasteiger partial charge in [-0.05, 0) is 48.9 Å². The number of amides is 3. The number of nitrogens with one attached hydrogen (secondary N) is 1. The minimum atomic E-state index is -1.31. The van der Waals surface area contributed by atoms with Gasteiger partial charge in [0.2, 0.25) is 0 Å². The molecule has 0 aromatic heterocycles. The fraction of sp³-hybridized carbons (Fsp3) is 0.120. The number of carbonyl (C=O) groups excluding carboxylic acids is 4. The number of hydrogen-bond donors (Lipinski definition) is 1. The van der Waals surface area contributed by atoms with Crippen molar-refractivity contribution in [3.8, 4) is 0 Å². The predicted molar refractivity (Wildman–Crippen MR) is 117 cm³/mol. The van der Waals surface area contributed by atoms with Crippen LogP contribution in [0.3, 0.4) is 0 Å². The van der Waals surface area contributed by atoms with Crippen molar-refractivity contribution in [3.05, 3.63) is 101 Å². The maximum atomic E-state index is 13.7. The molecule has 1 heterocycles. The molecule has 0 bridgehead atoms. The van der Waals surface area contributed by atoms with Crippen molar-refractivity contribution in [1.82, 2.24) is 4.90 Å². The second-order valence-corrected chi connectivity index (χ2v) is 7.60. The minimum absolute atomic E-state index is 0.0532. The number of nitrogens with zero attached hydrogens (tertiary/aromatic N) is 1. The molecule has 1 N–H and O–H groups in total. The fourth-order valence-corrected chi connectivity index (χ4v) is 3.47. The second-order valence-electron chi connectivity index (χ2n) is 7.60. The van der Waals surface area contributed by atoms with E-state index in [0.29, 0.717) is 16.7 Å². The highest BCUT2D eigenvalue weighted by molar-refractivity contribution is 6.21. The summed E-state index contributed by atoms with van der Waals surface area (Å²) in [5.41, 5.74) is 0.847. The van der Waals surface area contributed by atoms with Gasteiger partial charge < -0.3 is 10.1 Å². The van der Waals surface area contributed by atoms with Crippen molar-refractivity contribution in [2.45, 2.75) is 19.6 Å². The molecular weight excluding hydrogens is 446 g/mol. The van der Waals surface area contributed by atoms with Gasteiger partial charge in [-0.1, -0.05) is 24.3 Å². The van der Waals surface area contributed by atoms with E-state index in [1.165, 1.54) is 19.1 Å². The summed E-state index contributed by atoms with van der Waals surface area (Å²) in [7, 11) is 0. The van der Waals surface area contributed by atoms with Gasteiger partial charge in [-0.3, -0.25) is 19.3 Å². The molecule has 7 nitrogen and oxygen atoms in total. The Hall–Kier alpha value is -4.40. The smallest absolute Gasteiger partial charge is 0.338 e. The average Bonchev–Trinajstić information content (AvgIpc) is 3.06. The monoisotopic (exact) mass is 464 g/mol. The number of halogens is 2. The largest absolute Gasteiger partial charge is 0.449 e. The lowest BCUT2D eigenvalue weighted by molar-refractivity contribution is -0.123. The first-order valence-electron chi connectivity index (χ1n) is 10.3. The van der Waals surface area contributed by atoms with Gasteiger partial charge >= 0.3 is 5.97 Å². The van der Waals surface area contributed by atoms with Gasteiger partial charge in [0.25, 0.3) is 17.7 Å². The van der Waals surface area contributed by atoms with E-state index >= 15 is 0 Å². The molecule has 3 aromatic rings. The van der Waals surface area contributed by atoms with E-state index in [2.05, 4.69) is 5.32 Å². The Bertz CT molecular complexity index is 1290. The van der Waals surface area contributed by atoms with Crippen molar-refractivity contribution in [1.29, 1.82) is 0 Å². The van der Waals surface area contributed by atoms with Crippen LogP contribution in [0.25, 0.3) is 0 Å². The number of fused-ring (bicyclic) bond motifs is 1. The molecule has 0 radical (unpaired) electrons. The zero-order chi connectivity index (χ0) is 24.4. The fourth-order valence-electron chi connectivity index (χ4n) is 3.47. The zero-order valence-corrected chi connectivity index (χ0v) is 17.9. The van der Waals surface area contributed by atoms with Crippen LogP contribution < -0.4 is 5.32 Å². The van der Waals surface area contributed by atoms with Crippen LogP contribution in [-0.2, 0) is 16.1 Å². The molecule has 3 amide bonds. The summed E-state index contributed by atoms with van der Waals surface area (Å²) in [5.74, 6) is -4.12. The predicted octanol–water partition coefficient (Wildman–Crippen LogP) is 3.95. The van der Waals surface area contributed by atoms with Crippen LogP contribution in [0.5, 0.6) is 0 Å². The number of hydrogen-bond acceptors (Lipinski definition) is 5. The van der Waals surface area contributed by atoms with Crippen LogP contribution in [0.1, 0.15) is 43.6 Å².